The second kappa shape index (κ2) is 7.12. The lowest BCUT2D eigenvalue weighted by atomic mass is 9.92. The van der Waals surface area contributed by atoms with Crippen LogP contribution >= 0.6 is 11.3 Å². The van der Waals surface area contributed by atoms with E-state index in [0.717, 1.165) is 28.4 Å². The van der Waals surface area contributed by atoms with E-state index in [-0.39, 0.29) is 6.10 Å². The summed E-state index contributed by atoms with van der Waals surface area (Å²) in [5.41, 5.74) is 1.00. The van der Waals surface area contributed by atoms with Gasteiger partial charge in [-0.05, 0) is 26.2 Å². The van der Waals surface area contributed by atoms with Gasteiger partial charge >= 0.3 is 0 Å². The van der Waals surface area contributed by atoms with Crippen LogP contribution in [0.1, 0.15) is 67.6 Å². The third-order valence-electron chi connectivity index (χ3n) is 3.34. The molecule has 1 heterocycles. The highest BCUT2D eigenvalue weighted by Gasteiger charge is 2.18. The highest BCUT2D eigenvalue weighted by Crippen LogP contribution is 2.31. The Morgan fingerprint density at radius 3 is 2.47 bits per heavy atom. The lowest BCUT2D eigenvalue weighted by Crippen LogP contribution is -2.07. The Morgan fingerprint density at radius 1 is 1.29 bits per heavy atom. The zero-order chi connectivity index (χ0) is 12.8. The van der Waals surface area contributed by atoms with E-state index < -0.39 is 0 Å². The van der Waals surface area contributed by atoms with Crippen molar-refractivity contribution in [2.45, 2.75) is 65.9 Å². The summed E-state index contributed by atoms with van der Waals surface area (Å²) in [6.45, 7) is 8.44. The van der Waals surface area contributed by atoms with Crippen molar-refractivity contribution < 1.29 is 5.11 Å². The van der Waals surface area contributed by atoms with Crippen LogP contribution in [0.15, 0.2) is 0 Å². The van der Waals surface area contributed by atoms with Gasteiger partial charge in [-0.25, -0.2) is 4.98 Å². The second-order valence-corrected chi connectivity index (χ2v) is 6.09. The Kier molecular flexibility index (Phi) is 6.14. The molecular weight excluding hydrogens is 230 g/mol. The predicted molar refractivity (Wildman–Crippen MR) is 74.5 cm³/mol. The van der Waals surface area contributed by atoms with Gasteiger partial charge in [-0.2, -0.15) is 0 Å². The minimum absolute atomic E-state index is 0.317. The number of thiazole rings is 1. The Morgan fingerprint density at radius 2 is 2.00 bits per heavy atom. The Hall–Kier alpha value is -0.410. The van der Waals surface area contributed by atoms with Crippen LogP contribution in [0.5, 0.6) is 0 Å². The number of hydrogen-bond donors (Lipinski definition) is 1. The zero-order valence-electron chi connectivity index (χ0n) is 11.5. The van der Waals surface area contributed by atoms with Gasteiger partial charge in [0, 0.05) is 0 Å². The molecule has 98 valence electrons. The molecule has 17 heavy (non-hydrogen) atoms. The summed E-state index contributed by atoms with van der Waals surface area (Å²) in [6.07, 6.45) is 5.48. The Labute approximate surface area is 109 Å². The Balaban J connectivity index is 2.57. The molecule has 0 aliphatic rings. The molecule has 0 amide bonds. The van der Waals surface area contributed by atoms with E-state index in [1.165, 1.54) is 19.3 Å². The fraction of sp³-hybridized carbons (Fsp3) is 0.786. The summed E-state index contributed by atoms with van der Waals surface area (Å²) < 4.78 is 0. The molecule has 0 bridgehead atoms. The molecule has 1 aromatic heterocycles. The first kappa shape index (κ1) is 14.7. The average molecular weight is 255 g/mol. The van der Waals surface area contributed by atoms with Crippen LogP contribution in [0.2, 0.25) is 0 Å². The normalized spacial score (nSPS) is 14.9. The molecule has 0 radical (unpaired) electrons. The molecule has 1 rings (SSSR count). The SMILES string of the molecule is CCCCC(CC)CC(O)c1sc(C)nc1C. The quantitative estimate of drug-likeness (QED) is 0.783. The van der Waals surface area contributed by atoms with Crippen LogP contribution in [0, 0.1) is 19.8 Å². The van der Waals surface area contributed by atoms with Crippen molar-refractivity contribution in [2.24, 2.45) is 5.92 Å². The van der Waals surface area contributed by atoms with E-state index in [9.17, 15) is 5.11 Å². The van der Waals surface area contributed by atoms with Crippen molar-refractivity contribution in [3.05, 3.63) is 15.6 Å². The van der Waals surface area contributed by atoms with Crippen LogP contribution < -0.4 is 0 Å². The van der Waals surface area contributed by atoms with Gasteiger partial charge in [0.25, 0.3) is 0 Å². The fourth-order valence-electron chi connectivity index (χ4n) is 2.26. The van der Waals surface area contributed by atoms with Gasteiger partial charge in [-0.3, -0.25) is 0 Å². The molecule has 1 N–H and O–H groups in total. The molecule has 0 saturated heterocycles. The summed E-state index contributed by atoms with van der Waals surface area (Å²) in [7, 11) is 0. The molecule has 2 nitrogen and oxygen atoms in total. The molecule has 0 saturated carbocycles. The van der Waals surface area contributed by atoms with Gasteiger partial charge < -0.3 is 5.11 Å². The monoisotopic (exact) mass is 255 g/mol. The van der Waals surface area contributed by atoms with Crippen LogP contribution in [-0.2, 0) is 0 Å². The first-order valence-corrected chi connectivity index (χ1v) is 7.52. The minimum Gasteiger partial charge on any atom is -0.387 e. The standard InChI is InChI=1S/C14H25NOS/c1-5-7-8-12(6-2)9-13(16)14-10(3)15-11(4)17-14/h12-13,16H,5-9H2,1-4H3. The molecule has 0 aliphatic carbocycles. The molecule has 1 aromatic rings. The number of nitrogens with zero attached hydrogens (tertiary/aromatic N) is 1. The van der Waals surface area contributed by atoms with Crippen molar-refractivity contribution in [3.63, 3.8) is 0 Å². The first-order chi connectivity index (χ1) is 8.08. The van der Waals surface area contributed by atoms with Gasteiger partial charge in [-0.15, -0.1) is 11.3 Å². The maximum Gasteiger partial charge on any atom is 0.0903 e. The maximum atomic E-state index is 10.3. The molecular formula is C14H25NOS. The zero-order valence-corrected chi connectivity index (χ0v) is 12.3. The van der Waals surface area contributed by atoms with Gasteiger partial charge in [0.05, 0.1) is 21.7 Å². The first-order valence-electron chi connectivity index (χ1n) is 6.70. The topological polar surface area (TPSA) is 33.1 Å². The number of aliphatic hydroxyl groups excluding tert-OH is 1. The van der Waals surface area contributed by atoms with E-state index in [1.54, 1.807) is 11.3 Å². The molecule has 2 atom stereocenters. The van der Waals surface area contributed by atoms with Crippen LogP contribution in [0.25, 0.3) is 0 Å². The molecule has 0 spiro atoms. The number of aryl methyl sites for hydroxylation is 2. The van der Waals surface area contributed by atoms with Crippen molar-refractivity contribution in [1.82, 2.24) is 4.98 Å². The fourth-order valence-corrected chi connectivity index (χ4v) is 3.19. The smallest absolute Gasteiger partial charge is 0.0903 e. The van der Waals surface area contributed by atoms with E-state index in [4.69, 9.17) is 0 Å². The summed E-state index contributed by atoms with van der Waals surface area (Å²) in [6, 6.07) is 0. The van der Waals surface area contributed by atoms with Crippen molar-refractivity contribution in [1.29, 1.82) is 0 Å². The third-order valence-corrected chi connectivity index (χ3v) is 4.52. The van der Waals surface area contributed by atoms with Crippen molar-refractivity contribution in [3.8, 4) is 0 Å². The van der Waals surface area contributed by atoms with Crippen LogP contribution in [0.3, 0.4) is 0 Å². The summed E-state index contributed by atoms with van der Waals surface area (Å²) in [5.74, 6) is 0.645. The van der Waals surface area contributed by atoms with Crippen LogP contribution in [0.4, 0.5) is 0 Å². The third kappa shape index (κ3) is 4.40. The largest absolute Gasteiger partial charge is 0.387 e. The number of aliphatic hydroxyl groups is 1. The number of hydrogen-bond acceptors (Lipinski definition) is 3. The van der Waals surface area contributed by atoms with Crippen LogP contribution in [-0.4, -0.2) is 10.1 Å². The van der Waals surface area contributed by atoms with E-state index in [2.05, 4.69) is 18.8 Å². The summed E-state index contributed by atoms with van der Waals surface area (Å²) in [5, 5.41) is 11.3. The minimum atomic E-state index is -0.317. The molecule has 0 aliphatic heterocycles. The highest BCUT2D eigenvalue weighted by atomic mass is 32.1. The van der Waals surface area contributed by atoms with Gasteiger partial charge in [0.15, 0.2) is 0 Å². The Bertz CT molecular complexity index is 335. The maximum absolute atomic E-state index is 10.3. The van der Waals surface area contributed by atoms with Gasteiger partial charge in [0.1, 0.15) is 0 Å². The highest BCUT2D eigenvalue weighted by molar-refractivity contribution is 7.11. The second-order valence-electron chi connectivity index (χ2n) is 4.85. The lowest BCUT2D eigenvalue weighted by Gasteiger charge is -2.18. The van der Waals surface area contributed by atoms with E-state index in [1.807, 2.05) is 13.8 Å². The molecule has 0 fully saturated rings. The number of aromatic nitrogens is 1. The van der Waals surface area contributed by atoms with Gasteiger partial charge in [0.2, 0.25) is 0 Å². The molecule has 3 heteroatoms. The van der Waals surface area contributed by atoms with Gasteiger partial charge in [-0.1, -0.05) is 39.5 Å². The lowest BCUT2D eigenvalue weighted by molar-refractivity contribution is 0.141. The molecule has 2 unspecified atom stereocenters. The summed E-state index contributed by atoms with van der Waals surface area (Å²) in [4.78, 5) is 5.45. The average Bonchev–Trinajstić information content (AvgIpc) is 2.63. The van der Waals surface area contributed by atoms with E-state index >= 15 is 0 Å². The number of rotatable bonds is 7. The number of unbranched alkanes of at least 4 members (excludes halogenated alkanes) is 1. The van der Waals surface area contributed by atoms with Crippen molar-refractivity contribution >= 4 is 11.3 Å². The van der Waals surface area contributed by atoms with E-state index in [0.29, 0.717) is 5.92 Å². The predicted octanol–water partition coefficient (Wildman–Crippen LogP) is 4.40. The molecule has 0 aromatic carbocycles. The summed E-state index contributed by atoms with van der Waals surface area (Å²) >= 11 is 1.64. The van der Waals surface area contributed by atoms with Crippen molar-refractivity contribution in [2.75, 3.05) is 0 Å².